The van der Waals surface area contributed by atoms with E-state index in [0.29, 0.717) is 5.41 Å². The summed E-state index contributed by atoms with van der Waals surface area (Å²) in [5, 5.41) is 10.1. The van der Waals surface area contributed by atoms with E-state index in [1.165, 1.54) is 32.4 Å². The van der Waals surface area contributed by atoms with Crippen molar-refractivity contribution < 1.29 is 5.11 Å². The molecule has 0 aromatic heterocycles. The lowest BCUT2D eigenvalue weighted by Gasteiger charge is -2.29. The molecule has 2 nitrogen and oxygen atoms in total. The predicted octanol–water partition coefficient (Wildman–Crippen LogP) is 3.30. The van der Waals surface area contributed by atoms with Gasteiger partial charge in [-0.2, -0.15) is 0 Å². The molecular weight excluding hydrogens is 210 g/mol. The van der Waals surface area contributed by atoms with Crippen LogP contribution in [0.3, 0.4) is 0 Å². The van der Waals surface area contributed by atoms with Crippen LogP contribution in [0.2, 0.25) is 0 Å². The molecule has 0 aromatic rings. The molecule has 2 heteroatoms. The van der Waals surface area contributed by atoms with Gasteiger partial charge in [-0.15, -0.1) is 0 Å². The third kappa shape index (κ3) is 5.39. The number of nitrogens with zero attached hydrogens (tertiary/aromatic N) is 1. The molecule has 17 heavy (non-hydrogen) atoms. The number of hydrogen-bond donors (Lipinski definition) is 1. The van der Waals surface area contributed by atoms with Crippen LogP contribution in [0.25, 0.3) is 0 Å². The normalized spacial score (nSPS) is 24.4. The number of hydrogen-bond acceptors (Lipinski definition) is 2. The Morgan fingerprint density at radius 2 is 1.82 bits per heavy atom. The van der Waals surface area contributed by atoms with Crippen LogP contribution in [-0.2, 0) is 0 Å². The quantitative estimate of drug-likeness (QED) is 0.819. The Morgan fingerprint density at radius 3 is 2.41 bits per heavy atom. The Kier molecular flexibility index (Phi) is 5.03. The van der Waals surface area contributed by atoms with Gasteiger partial charge >= 0.3 is 0 Å². The third-order valence-electron chi connectivity index (χ3n) is 4.15. The molecule has 0 saturated carbocycles. The van der Waals surface area contributed by atoms with Crippen molar-refractivity contribution in [2.24, 2.45) is 10.8 Å². The number of aliphatic hydroxyl groups excluding tert-OH is 1. The van der Waals surface area contributed by atoms with Gasteiger partial charge < -0.3 is 10.0 Å². The maximum absolute atomic E-state index is 10.1. The molecule has 1 saturated heterocycles. The summed E-state index contributed by atoms with van der Waals surface area (Å²) < 4.78 is 0. The first kappa shape index (κ1) is 15.0. The molecular formula is C15H31NO. The second kappa shape index (κ2) is 5.71. The van der Waals surface area contributed by atoms with Gasteiger partial charge in [0.1, 0.15) is 0 Å². The molecule has 0 spiro atoms. The molecule has 0 aromatic carbocycles. The van der Waals surface area contributed by atoms with Crippen molar-refractivity contribution >= 4 is 0 Å². The molecule has 1 unspecified atom stereocenters. The number of likely N-dealkylation sites (tertiary alicyclic amines) is 1. The average molecular weight is 241 g/mol. The second-order valence-corrected chi connectivity index (χ2v) is 7.53. The van der Waals surface area contributed by atoms with Crippen molar-refractivity contribution in [2.75, 3.05) is 19.6 Å². The van der Waals surface area contributed by atoms with Crippen LogP contribution in [0.4, 0.5) is 0 Å². The van der Waals surface area contributed by atoms with E-state index in [4.69, 9.17) is 0 Å². The zero-order valence-corrected chi connectivity index (χ0v) is 12.4. The molecule has 102 valence electrons. The van der Waals surface area contributed by atoms with Crippen molar-refractivity contribution in [1.29, 1.82) is 0 Å². The lowest BCUT2D eigenvalue weighted by Crippen LogP contribution is -2.33. The highest BCUT2D eigenvalue weighted by molar-refractivity contribution is 4.78. The average Bonchev–Trinajstić information content (AvgIpc) is 2.34. The maximum atomic E-state index is 10.1. The van der Waals surface area contributed by atoms with Crippen LogP contribution in [0.5, 0.6) is 0 Å². The van der Waals surface area contributed by atoms with Gasteiger partial charge in [0.05, 0.1) is 6.10 Å². The summed E-state index contributed by atoms with van der Waals surface area (Å²) in [4.78, 5) is 2.53. The van der Waals surface area contributed by atoms with E-state index in [-0.39, 0.29) is 11.5 Å². The van der Waals surface area contributed by atoms with Gasteiger partial charge in [-0.25, -0.2) is 0 Å². The van der Waals surface area contributed by atoms with Crippen LogP contribution < -0.4 is 0 Å². The Bertz CT molecular complexity index is 230. The molecule has 1 aliphatic rings. The summed E-state index contributed by atoms with van der Waals surface area (Å²) in [5.41, 5.74) is 0.530. The van der Waals surface area contributed by atoms with E-state index in [1.807, 2.05) is 0 Å². The first-order valence-electron chi connectivity index (χ1n) is 7.11. The van der Waals surface area contributed by atoms with Gasteiger partial charge in [-0.1, -0.05) is 34.6 Å². The van der Waals surface area contributed by atoms with Crippen molar-refractivity contribution in [1.82, 2.24) is 4.90 Å². The Hall–Kier alpha value is -0.0800. The molecule has 1 fully saturated rings. The molecule has 0 radical (unpaired) electrons. The number of rotatable bonds is 3. The van der Waals surface area contributed by atoms with Crippen molar-refractivity contribution in [3.05, 3.63) is 0 Å². The zero-order chi connectivity index (χ0) is 13.1. The summed E-state index contributed by atoms with van der Waals surface area (Å²) in [7, 11) is 0. The van der Waals surface area contributed by atoms with Gasteiger partial charge in [0.25, 0.3) is 0 Å². The smallest absolute Gasteiger partial charge is 0.0600 e. The predicted molar refractivity (Wildman–Crippen MR) is 74.2 cm³/mol. The van der Waals surface area contributed by atoms with Crippen molar-refractivity contribution in [2.45, 2.75) is 66.4 Å². The summed E-state index contributed by atoms with van der Waals surface area (Å²) >= 11 is 0. The van der Waals surface area contributed by atoms with Gasteiger partial charge in [0, 0.05) is 6.54 Å². The van der Waals surface area contributed by atoms with Gasteiger partial charge in [0.15, 0.2) is 0 Å². The first-order valence-corrected chi connectivity index (χ1v) is 7.11. The van der Waals surface area contributed by atoms with E-state index >= 15 is 0 Å². The molecule has 0 amide bonds. The van der Waals surface area contributed by atoms with Crippen LogP contribution in [-0.4, -0.2) is 35.7 Å². The van der Waals surface area contributed by atoms with Crippen molar-refractivity contribution in [3.8, 4) is 0 Å². The second-order valence-electron chi connectivity index (χ2n) is 7.53. The molecule has 1 aliphatic heterocycles. The van der Waals surface area contributed by atoms with Gasteiger partial charge in [0.2, 0.25) is 0 Å². The largest absolute Gasteiger partial charge is 0.393 e. The van der Waals surface area contributed by atoms with E-state index in [9.17, 15) is 5.11 Å². The standard InChI is InChI=1S/C15H31NO/c1-14(2,3)13(17)7-11-16-10-6-8-15(4,5)9-12-16/h13,17H,6-12H2,1-5H3. The summed E-state index contributed by atoms with van der Waals surface area (Å²) in [5.74, 6) is 0. The molecule has 1 rings (SSSR count). The van der Waals surface area contributed by atoms with Crippen molar-refractivity contribution in [3.63, 3.8) is 0 Å². The highest BCUT2D eigenvalue weighted by Gasteiger charge is 2.25. The van der Waals surface area contributed by atoms with Crippen LogP contribution in [0.1, 0.15) is 60.3 Å². The van der Waals surface area contributed by atoms with E-state index in [2.05, 4.69) is 39.5 Å². The monoisotopic (exact) mass is 241 g/mol. The lowest BCUT2D eigenvalue weighted by molar-refractivity contribution is 0.0457. The van der Waals surface area contributed by atoms with E-state index in [1.54, 1.807) is 0 Å². The zero-order valence-electron chi connectivity index (χ0n) is 12.4. The lowest BCUT2D eigenvalue weighted by atomic mass is 9.85. The molecule has 1 heterocycles. The van der Waals surface area contributed by atoms with E-state index in [0.717, 1.165) is 13.0 Å². The molecule has 1 N–H and O–H groups in total. The fourth-order valence-electron chi connectivity index (χ4n) is 2.44. The SMILES string of the molecule is CC1(C)CCCN(CCC(O)C(C)(C)C)CC1. The third-order valence-corrected chi connectivity index (χ3v) is 4.15. The fourth-order valence-corrected chi connectivity index (χ4v) is 2.44. The minimum absolute atomic E-state index is 0.0190. The Labute approximate surface area is 107 Å². The fraction of sp³-hybridized carbons (Fsp3) is 1.00. The molecule has 0 bridgehead atoms. The number of aliphatic hydroxyl groups is 1. The minimum atomic E-state index is -0.182. The van der Waals surface area contributed by atoms with Crippen LogP contribution >= 0.6 is 0 Å². The van der Waals surface area contributed by atoms with Gasteiger partial charge in [-0.05, 0) is 49.6 Å². The summed E-state index contributed by atoms with van der Waals surface area (Å²) in [6.45, 7) is 14.6. The van der Waals surface area contributed by atoms with Crippen LogP contribution in [0.15, 0.2) is 0 Å². The minimum Gasteiger partial charge on any atom is -0.393 e. The summed E-state index contributed by atoms with van der Waals surface area (Å²) in [6, 6.07) is 0. The first-order chi connectivity index (χ1) is 7.71. The highest BCUT2D eigenvalue weighted by atomic mass is 16.3. The summed E-state index contributed by atoms with van der Waals surface area (Å²) in [6.07, 6.45) is 4.66. The topological polar surface area (TPSA) is 23.5 Å². The Morgan fingerprint density at radius 1 is 1.18 bits per heavy atom. The molecule has 1 atom stereocenters. The Balaban J connectivity index is 2.33. The highest BCUT2D eigenvalue weighted by Crippen LogP contribution is 2.30. The molecule has 0 aliphatic carbocycles. The van der Waals surface area contributed by atoms with Crippen LogP contribution in [0, 0.1) is 10.8 Å². The van der Waals surface area contributed by atoms with Gasteiger partial charge in [-0.3, -0.25) is 0 Å². The maximum Gasteiger partial charge on any atom is 0.0600 e. The van der Waals surface area contributed by atoms with E-state index < -0.39 is 0 Å².